The summed E-state index contributed by atoms with van der Waals surface area (Å²) in [6.45, 7) is 3.84. The van der Waals surface area contributed by atoms with Gasteiger partial charge in [0.15, 0.2) is 11.5 Å². The summed E-state index contributed by atoms with van der Waals surface area (Å²) in [4.78, 5) is 35.0. The van der Waals surface area contributed by atoms with Crippen LogP contribution in [0.2, 0.25) is 0 Å². The van der Waals surface area contributed by atoms with E-state index in [1.165, 1.54) is 27.9 Å². The number of carbonyl (C=O) groups excluding carboxylic acids is 3. The zero-order valence-corrected chi connectivity index (χ0v) is 20.2. The van der Waals surface area contributed by atoms with Crippen LogP contribution in [-0.4, -0.2) is 42.3 Å². The van der Waals surface area contributed by atoms with E-state index in [0.29, 0.717) is 31.2 Å². The highest BCUT2D eigenvalue weighted by atomic mass is 16.6. The van der Waals surface area contributed by atoms with Gasteiger partial charge in [-0.15, -0.1) is 0 Å². The lowest BCUT2D eigenvalue weighted by molar-refractivity contribution is -0.160. The molecule has 0 radical (unpaired) electrons. The van der Waals surface area contributed by atoms with Crippen LogP contribution in [0.25, 0.3) is 0 Å². The molecule has 1 N–H and O–H groups in total. The number of hydrogen-bond acceptors (Lipinski definition) is 9. The third-order valence-electron chi connectivity index (χ3n) is 5.52. The largest absolute Gasteiger partial charge is 0.508 e. The molecule has 0 bridgehead atoms. The van der Waals surface area contributed by atoms with E-state index in [-0.39, 0.29) is 41.2 Å². The first kappa shape index (κ1) is 26.0. The lowest BCUT2D eigenvalue weighted by Gasteiger charge is -2.35. The molecule has 3 atom stereocenters. The van der Waals surface area contributed by atoms with Gasteiger partial charge in [-0.2, -0.15) is 0 Å². The number of benzene rings is 2. The molecule has 1 saturated heterocycles. The lowest BCUT2D eigenvalue weighted by Crippen LogP contribution is -2.34. The summed E-state index contributed by atoms with van der Waals surface area (Å²) in [5.74, 6) is -1.14. The van der Waals surface area contributed by atoms with Gasteiger partial charge in [0.25, 0.3) is 0 Å². The summed E-state index contributed by atoms with van der Waals surface area (Å²) in [5.41, 5.74) is 1.67. The molecule has 3 rings (SSSR count). The SMILES string of the molecule is COc1cc([C@@H]2C[C@H](OC(C)=O)C[C@H](CCc3ccc(O)cc3)O2)cc(OC(C)=O)c1OC(C)=O. The molecule has 0 amide bonds. The number of hydrogen-bond donors (Lipinski definition) is 1. The van der Waals surface area contributed by atoms with Crippen LogP contribution in [0.5, 0.6) is 23.0 Å². The first-order valence-electron chi connectivity index (χ1n) is 11.3. The molecule has 9 nitrogen and oxygen atoms in total. The molecule has 9 heteroatoms. The van der Waals surface area contributed by atoms with Crippen molar-refractivity contribution in [3.63, 3.8) is 0 Å². The Balaban J connectivity index is 1.89. The molecular weight excluding hydrogens is 456 g/mol. The molecule has 0 aromatic heterocycles. The highest BCUT2D eigenvalue weighted by Gasteiger charge is 2.33. The maximum absolute atomic E-state index is 11.7. The van der Waals surface area contributed by atoms with Crippen molar-refractivity contribution >= 4 is 17.9 Å². The molecule has 1 heterocycles. The fourth-order valence-electron chi connectivity index (χ4n) is 4.10. The molecule has 1 aliphatic heterocycles. The van der Waals surface area contributed by atoms with Gasteiger partial charge < -0.3 is 28.8 Å². The van der Waals surface area contributed by atoms with E-state index in [0.717, 1.165) is 5.56 Å². The Bertz CT molecular complexity index is 1060. The van der Waals surface area contributed by atoms with E-state index < -0.39 is 18.0 Å². The number of methoxy groups -OCH3 is 1. The number of aromatic hydroxyl groups is 1. The Morgan fingerprint density at radius 3 is 2.20 bits per heavy atom. The summed E-state index contributed by atoms with van der Waals surface area (Å²) < 4.78 is 27.8. The number of ether oxygens (including phenoxy) is 5. The van der Waals surface area contributed by atoms with Crippen molar-refractivity contribution in [2.45, 2.75) is 64.8 Å². The van der Waals surface area contributed by atoms with E-state index in [1.807, 2.05) is 12.1 Å². The lowest BCUT2D eigenvalue weighted by atomic mass is 9.93. The third kappa shape index (κ3) is 7.45. The topological polar surface area (TPSA) is 118 Å². The summed E-state index contributed by atoms with van der Waals surface area (Å²) >= 11 is 0. The molecule has 0 saturated carbocycles. The second-order valence-corrected chi connectivity index (χ2v) is 8.39. The van der Waals surface area contributed by atoms with Crippen LogP contribution in [0, 0.1) is 0 Å². The van der Waals surface area contributed by atoms with Gasteiger partial charge in [0.05, 0.1) is 19.3 Å². The molecule has 35 heavy (non-hydrogen) atoms. The van der Waals surface area contributed by atoms with Crippen molar-refractivity contribution in [1.82, 2.24) is 0 Å². The maximum Gasteiger partial charge on any atom is 0.308 e. The standard InChI is InChI=1S/C26H30O9/c1-15(27)32-22-13-21(10-7-18-5-8-20(30)9-6-18)35-23(14-22)19-11-24(31-4)26(34-17(3)29)25(12-19)33-16(2)28/h5-6,8-9,11-12,21-23,30H,7,10,13-14H2,1-4H3/t21-,22+,23-/m0/s1. The number of carbonyl (C=O) groups is 3. The van der Waals surface area contributed by atoms with Crippen LogP contribution in [0.15, 0.2) is 36.4 Å². The van der Waals surface area contributed by atoms with Crippen LogP contribution < -0.4 is 14.2 Å². The van der Waals surface area contributed by atoms with Crippen molar-refractivity contribution in [1.29, 1.82) is 0 Å². The number of phenols is 1. The highest BCUT2D eigenvalue weighted by Crippen LogP contribution is 2.44. The summed E-state index contributed by atoms with van der Waals surface area (Å²) in [6.07, 6.45) is 1.22. The monoisotopic (exact) mass is 486 g/mol. The van der Waals surface area contributed by atoms with Gasteiger partial charge in [0.2, 0.25) is 5.75 Å². The summed E-state index contributed by atoms with van der Waals surface area (Å²) in [6, 6.07) is 10.2. The molecule has 1 fully saturated rings. The van der Waals surface area contributed by atoms with Crippen molar-refractivity contribution in [3.05, 3.63) is 47.5 Å². The number of rotatable bonds is 8. The Morgan fingerprint density at radius 2 is 1.60 bits per heavy atom. The van der Waals surface area contributed by atoms with Gasteiger partial charge in [-0.25, -0.2) is 0 Å². The smallest absolute Gasteiger partial charge is 0.308 e. The molecule has 1 aliphatic rings. The van der Waals surface area contributed by atoms with Crippen LogP contribution in [-0.2, 0) is 30.3 Å². The zero-order valence-electron chi connectivity index (χ0n) is 20.2. The van der Waals surface area contributed by atoms with Crippen LogP contribution in [0.3, 0.4) is 0 Å². The van der Waals surface area contributed by atoms with Crippen LogP contribution in [0.4, 0.5) is 0 Å². The van der Waals surface area contributed by atoms with E-state index in [9.17, 15) is 19.5 Å². The maximum atomic E-state index is 11.7. The zero-order chi connectivity index (χ0) is 25.5. The normalized spacial score (nSPS) is 19.5. The fraction of sp³-hybridized carbons (Fsp3) is 0.423. The predicted molar refractivity (Wildman–Crippen MR) is 124 cm³/mol. The van der Waals surface area contributed by atoms with Gasteiger partial charge in [0.1, 0.15) is 11.9 Å². The molecule has 188 valence electrons. The minimum absolute atomic E-state index is 0.00447. The molecule has 2 aromatic carbocycles. The summed E-state index contributed by atoms with van der Waals surface area (Å²) in [7, 11) is 1.41. The van der Waals surface area contributed by atoms with E-state index >= 15 is 0 Å². The van der Waals surface area contributed by atoms with Gasteiger partial charge >= 0.3 is 17.9 Å². The molecule has 0 spiro atoms. The quantitative estimate of drug-likeness (QED) is 0.436. The Hall–Kier alpha value is -3.59. The van der Waals surface area contributed by atoms with Gasteiger partial charge in [0, 0.05) is 33.6 Å². The highest BCUT2D eigenvalue weighted by molar-refractivity contribution is 5.75. The number of esters is 3. The number of aryl methyl sites for hydroxylation is 1. The van der Waals surface area contributed by atoms with Crippen molar-refractivity contribution in [2.24, 2.45) is 0 Å². The van der Waals surface area contributed by atoms with Crippen LogP contribution >= 0.6 is 0 Å². The Labute approximate surface area is 203 Å². The Kier molecular flexibility index (Phi) is 8.70. The van der Waals surface area contributed by atoms with Gasteiger partial charge in [-0.05, 0) is 48.2 Å². The Morgan fingerprint density at radius 1 is 0.943 bits per heavy atom. The third-order valence-corrected chi connectivity index (χ3v) is 5.52. The first-order valence-corrected chi connectivity index (χ1v) is 11.3. The average molecular weight is 487 g/mol. The van der Waals surface area contributed by atoms with Crippen molar-refractivity contribution in [3.8, 4) is 23.0 Å². The number of phenolic OH excluding ortho intramolecular Hbond substituents is 1. The summed E-state index contributed by atoms with van der Waals surface area (Å²) in [5, 5.41) is 9.50. The minimum Gasteiger partial charge on any atom is -0.508 e. The molecule has 2 aromatic rings. The predicted octanol–water partition coefficient (Wildman–Crippen LogP) is 4.04. The van der Waals surface area contributed by atoms with Gasteiger partial charge in [-0.3, -0.25) is 14.4 Å². The second-order valence-electron chi connectivity index (χ2n) is 8.39. The average Bonchev–Trinajstić information content (AvgIpc) is 2.78. The van der Waals surface area contributed by atoms with Gasteiger partial charge in [-0.1, -0.05) is 12.1 Å². The van der Waals surface area contributed by atoms with E-state index in [2.05, 4.69) is 0 Å². The fourth-order valence-corrected chi connectivity index (χ4v) is 4.10. The van der Waals surface area contributed by atoms with E-state index in [1.54, 1.807) is 24.3 Å². The molecular formula is C26H30O9. The van der Waals surface area contributed by atoms with E-state index in [4.69, 9.17) is 23.7 Å². The molecule has 0 aliphatic carbocycles. The first-order chi connectivity index (χ1) is 16.6. The van der Waals surface area contributed by atoms with Crippen molar-refractivity contribution < 1.29 is 43.2 Å². The van der Waals surface area contributed by atoms with Crippen molar-refractivity contribution in [2.75, 3.05) is 7.11 Å². The minimum atomic E-state index is -0.595. The second kappa shape index (κ2) is 11.7. The molecule has 0 unspecified atom stereocenters. The van der Waals surface area contributed by atoms with Crippen LogP contribution in [0.1, 0.15) is 57.3 Å².